The van der Waals surface area contributed by atoms with Gasteiger partial charge in [0, 0.05) is 11.2 Å². The summed E-state index contributed by atoms with van der Waals surface area (Å²) in [5.41, 5.74) is 3.00. The summed E-state index contributed by atoms with van der Waals surface area (Å²) in [6.07, 6.45) is 3.56. The van der Waals surface area contributed by atoms with Crippen LogP contribution in [0.25, 0.3) is 0 Å². The highest BCUT2D eigenvalue weighted by Gasteiger charge is 2.37. The topological polar surface area (TPSA) is 33.3 Å². The second-order valence-electron chi connectivity index (χ2n) is 4.86. The molecule has 0 radical (unpaired) electrons. The van der Waals surface area contributed by atoms with E-state index >= 15 is 0 Å². The van der Waals surface area contributed by atoms with Crippen molar-refractivity contribution in [3.8, 4) is 5.75 Å². The molecule has 1 saturated heterocycles. The molecule has 2 aliphatic rings. The van der Waals surface area contributed by atoms with E-state index in [1.807, 2.05) is 6.07 Å². The lowest BCUT2D eigenvalue weighted by molar-refractivity contribution is 0.348. The third kappa shape index (κ3) is 1.55. The molecule has 2 aliphatic heterocycles. The second-order valence-corrected chi connectivity index (χ2v) is 4.86. The van der Waals surface area contributed by atoms with Gasteiger partial charge in [0.05, 0.1) is 7.11 Å². The minimum Gasteiger partial charge on any atom is -0.497 e. The Morgan fingerprint density at radius 3 is 2.81 bits per heavy atom. The molecular weight excluding hydrogens is 200 g/mol. The molecule has 0 unspecified atom stereocenters. The van der Waals surface area contributed by atoms with Gasteiger partial charge in [-0.1, -0.05) is 0 Å². The number of benzene rings is 1. The number of hydrogen-bond acceptors (Lipinski definition) is 3. The number of methoxy groups -OCH3 is 1. The smallest absolute Gasteiger partial charge is 0.119 e. The van der Waals surface area contributed by atoms with Crippen LogP contribution in [0.15, 0.2) is 18.2 Å². The summed E-state index contributed by atoms with van der Waals surface area (Å²) in [5, 5.41) is 7.13. The molecule has 0 aromatic heterocycles. The molecule has 86 valence electrons. The Bertz CT molecular complexity index is 397. The van der Waals surface area contributed by atoms with Crippen LogP contribution in [0, 0.1) is 0 Å². The fourth-order valence-corrected chi connectivity index (χ4v) is 2.87. The molecule has 1 aromatic rings. The van der Waals surface area contributed by atoms with Crippen LogP contribution in [0.1, 0.15) is 18.4 Å². The van der Waals surface area contributed by atoms with Crippen molar-refractivity contribution in [2.45, 2.75) is 24.8 Å². The third-order valence-electron chi connectivity index (χ3n) is 3.80. The van der Waals surface area contributed by atoms with E-state index in [1.165, 1.54) is 24.1 Å². The Morgan fingerprint density at radius 1 is 1.25 bits per heavy atom. The maximum Gasteiger partial charge on any atom is 0.119 e. The van der Waals surface area contributed by atoms with Crippen molar-refractivity contribution in [1.29, 1.82) is 0 Å². The fourth-order valence-electron chi connectivity index (χ4n) is 2.87. The number of nitrogens with one attached hydrogen (secondary N) is 2. The molecule has 1 fully saturated rings. The average molecular weight is 218 g/mol. The van der Waals surface area contributed by atoms with E-state index in [0.717, 1.165) is 25.3 Å². The predicted octanol–water partition coefficient (Wildman–Crippen LogP) is 1.79. The van der Waals surface area contributed by atoms with Crippen molar-refractivity contribution in [2.24, 2.45) is 0 Å². The zero-order valence-corrected chi connectivity index (χ0v) is 9.68. The lowest BCUT2D eigenvalue weighted by atomic mass is 9.86. The monoisotopic (exact) mass is 218 g/mol. The standard InChI is InChI=1S/C13H18N2O/c1-16-11-2-3-12-10(8-11)9-13(15-12)4-6-14-7-5-13/h2-3,8,14-15H,4-7,9H2,1H3. The summed E-state index contributed by atoms with van der Waals surface area (Å²) >= 11 is 0. The van der Waals surface area contributed by atoms with Crippen molar-refractivity contribution in [3.63, 3.8) is 0 Å². The maximum atomic E-state index is 5.28. The minimum atomic E-state index is 0.306. The first-order chi connectivity index (χ1) is 7.81. The van der Waals surface area contributed by atoms with Gasteiger partial charge in [-0.15, -0.1) is 0 Å². The van der Waals surface area contributed by atoms with Crippen LogP contribution >= 0.6 is 0 Å². The zero-order chi connectivity index (χ0) is 11.0. The van der Waals surface area contributed by atoms with Crippen LogP contribution in [0.3, 0.4) is 0 Å². The van der Waals surface area contributed by atoms with Crippen LogP contribution in [0.5, 0.6) is 5.75 Å². The highest BCUT2D eigenvalue weighted by atomic mass is 16.5. The van der Waals surface area contributed by atoms with Crippen molar-refractivity contribution in [1.82, 2.24) is 5.32 Å². The summed E-state index contributed by atoms with van der Waals surface area (Å²) < 4.78 is 5.28. The predicted molar refractivity (Wildman–Crippen MR) is 65.2 cm³/mol. The van der Waals surface area contributed by atoms with Gasteiger partial charge in [-0.05, 0) is 56.1 Å². The molecule has 0 atom stereocenters. The van der Waals surface area contributed by atoms with E-state index in [0.29, 0.717) is 5.54 Å². The van der Waals surface area contributed by atoms with Crippen LogP contribution in [0.2, 0.25) is 0 Å². The van der Waals surface area contributed by atoms with Gasteiger partial charge >= 0.3 is 0 Å². The molecule has 3 heteroatoms. The molecule has 2 N–H and O–H groups in total. The first-order valence-electron chi connectivity index (χ1n) is 5.97. The van der Waals surface area contributed by atoms with Gasteiger partial charge in [0.2, 0.25) is 0 Å². The number of piperidine rings is 1. The lowest BCUT2D eigenvalue weighted by Crippen LogP contribution is -2.46. The zero-order valence-electron chi connectivity index (χ0n) is 9.68. The van der Waals surface area contributed by atoms with Gasteiger partial charge in [-0.2, -0.15) is 0 Å². The number of fused-ring (bicyclic) bond motifs is 1. The molecule has 3 nitrogen and oxygen atoms in total. The van der Waals surface area contributed by atoms with Crippen molar-refractivity contribution < 1.29 is 4.74 Å². The number of ether oxygens (including phenoxy) is 1. The van der Waals surface area contributed by atoms with Gasteiger partial charge in [-0.25, -0.2) is 0 Å². The summed E-state index contributed by atoms with van der Waals surface area (Å²) in [5.74, 6) is 0.964. The highest BCUT2D eigenvalue weighted by molar-refractivity contribution is 5.61. The maximum absolute atomic E-state index is 5.28. The molecule has 16 heavy (non-hydrogen) atoms. The first kappa shape index (κ1) is 9.97. The molecule has 2 heterocycles. The Morgan fingerprint density at radius 2 is 2.06 bits per heavy atom. The molecule has 3 rings (SSSR count). The Balaban J connectivity index is 1.87. The summed E-state index contributed by atoms with van der Waals surface area (Å²) in [6, 6.07) is 6.34. The largest absolute Gasteiger partial charge is 0.497 e. The van der Waals surface area contributed by atoms with Gasteiger partial charge < -0.3 is 15.4 Å². The second kappa shape index (κ2) is 3.67. The molecule has 0 aliphatic carbocycles. The van der Waals surface area contributed by atoms with Gasteiger partial charge in [0.15, 0.2) is 0 Å². The van der Waals surface area contributed by atoms with Crippen LogP contribution in [-0.4, -0.2) is 25.7 Å². The van der Waals surface area contributed by atoms with E-state index in [-0.39, 0.29) is 0 Å². The summed E-state index contributed by atoms with van der Waals surface area (Å²) in [7, 11) is 1.73. The number of anilines is 1. The molecule has 0 amide bonds. The Hall–Kier alpha value is -1.22. The molecule has 1 aromatic carbocycles. The quantitative estimate of drug-likeness (QED) is 0.754. The molecular formula is C13H18N2O. The molecule has 1 spiro atoms. The van der Waals surface area contributed by atoms with Crippen LogP contribution < -0.4 is 15.4 Å². The normalized spacial score (nSPS) is 21.6. The Labute approximate surface area is 96.2 Å². The van der Waals surface area contributed by atoms with E-state index in [2.05, 4.69) is 22.8 Å². The number of hydrogen-bond donors (Lipinski definition) is 2. The SMILES string of the molecule is COc1ccc2c(c1)CC1(CCNCC1)N2. The van der Waals surface area contributed by atoms with Crippen molar-refractivity contribution in [2.75, 3.05) is 25.5 Å². The number of rotatable bonds is 1. The minimum absolute atomic E-state index is 0.306. The van der Waals surface area contributed by atoms with Crippen LogP contribution in [0.4, 0.5) is 5.69 Å². The summed E-state index contributed by atoms with van der Waals surface area (Å²) in [4.78, 5) is 0. The summed E-state index contributed by atoms with van der Waals surface area (Å²) in [6.45, 7) is 2.25. The molecule has 0 bridgehead atoms. The third-order valence-corrected chi connectivity index (χ3v) is 3.80. The molecule has 0 saturated carbocycles. The Kier molecular flexibility index (Phi) is 2.28. The van der Waals surface area contributed by atoms with E-state index in [4.69, 9.17) is 4.74 Å². The highest BCUT2D eigenvalue weighted by Crippen LogP contribution is 2.39. The first-order valence-corrected chi connectivity index (χ1v) is 5.97. The van der Waals surface area contributed by atoms with Crippen molar-refractivity contribution in [3.05, 3.63) is 23.8 Å². The lowest BCUT2D eigenvalue weighted by Gasteiger charge is -2.34. The van der Waals surface area contributed by atoms with Gasteiger partial charge in [0.1, 0.15) is 5.75 Å². The van der Waals surface area contributed by atoms with Gasteiger partial charge in [-0.3, -0.25) is 0 Å². The van der Waals surface area contributed by atoms with Gasteiger partial charge in [0.25, 0.3) is 0 Å². The van der Waals surface area contributed by atoms with E-state index in [9.17, 15) is 0 Å². The van der Waals surface area contributed by atoms with Crippen LogP contribution in [-0.2, 0) is 6.42 Å². The van der Waals surface area contributed by atoms with E-state index in [1.54, 1.807) is 7.11 Å². The fraction of sp³-hybridized carbons (Fsp3) is 0.538. The average Bonchev–Trinajstić information content (AvgIpc) is 2.66. The van der Waals surface area contributed by atoms with E-state index < -0.39 is 0 Å². The van der Waals surface area contributed by atoms with Crippen molar-refractivity contribution >= 4 is 5.69 Å².